The number of nitrogens with one attached hydrogen (secondary N) is 1. The maximum Gasteiger partial charge on any atom is 0.317 e. The van der Waals surface area contributed by atoms with E-state index in [4.69, 9.17) is 14.3 Å². The van der Waals surface area contributed by atoms with Gasteiger partial charge in [-0.1, -0.05) is 12.1 Å². The molecule has 0 bridgehead atoms. The van der Waals surface area contributed by atoms with Gasteiger partial charge >= 0.3 is 5.97 Å². The molecule has 2 heterocycles. The highest BCUT2D eigenvalue weighted by molar-refractivity contribution is 5.94. The molecule has 2 amide bonds. The summed E-state index contributed by atoms with van der Waals surface area (Å²) in [4.78, 5) is 51.2. The first-order valence-corrected chi connectivity index (χ1v) is 10.2. The SMILES string of the molecule is COc1ccc(CCNC(=O)c2cc(=O)cc(C(=O)N3CCN(CC(=O)O)CC3)o2)cc1. The van der Waals surface area contributed by atoms with Crippen LogP contribution in [0.1, 0.15) is 26.7 Å². The molecule has 1 aliphatic rings. The van der Waals surface area contributed by atoms with Crippen LogP contribution in [-0.2, 0) is 11.2 Å². The zero-order valence-electron chi connectivity index (χ0n) is 17.7. The summed E-state index contributed by atoms with van der Waals surface area (Å²) in [5, 5.41) is 11.5. The Labute approximate surface area is 184 Å². The first kappa shape index (κ1) is 23.0. The van der Waals surface area contributed by atoms with Crippen LogP contribution in [0.2, 0.25) is 0 Å². The smallest absolute Gasteiger partial charge is 0.317 e. The monoisotopic (exact) mass is 443 g/mol. The van der Waals surface area contributed by atoms with Gasteiger partial charge in [0.1, 0.15) is 5.75 Å². The molecule has 1 saturated heterocycles. The van der Waals surface area contributed by atoms with Crippen molar-refractivity contribution in [3.63, 3.8) is 0 Å². The minimum absolute atomic E-state index is 0.0940. The van der Waals surface area contributed by atoms with Gasteiger partial charge in [-0.25, -0.2) is 0 Å². The van der Waals surface area contributed by atoms with Gasteiger partial charge in [0, 0.05) is 44.9 Å². The summed E-state index contributed by atoms with van der Waals surface area (Å²) in [6.07, 6.45) is 0.569. The van der Waals surface area contributed by atoms with Gasteiger partial charge in [0.05, 0.1) is 13.7 Å². The molecule has 1 aliphatic heterocycles. The number of hydrogen-bond donors (Lipinski definition) is 2. The highest BCUT2D eigenvalue weighted by atomic mass is 16.5. The number of carbonyl (C=O) groups is 3. The predicted molar refractivity (Wildman–Crippen MR) is 114 cm³/mol. The van der Waals surface area contributed by atoms with E-state index in [0.29, 0.717) is 39.1 Å². The Kier molecular flexibility index (Phi) is 7.61. The van der Waals surface area contributed by atoms with Gasteiger partial charge in [0.2, 0.25) is 0 Å². The number of rotatable bonds is 8. The van der Waals surface area contributed by atoms with Crippen molar-refractivity contribution in [3.05, 3.63) is 63.7 Å². The van der Waals surface area contributed by atoms with E-state index >= 15 is 0 Å². The molecular formula is C22H25N3O7. The molecule has 32 heavy (non-hydrogen) atoms. The number of piperazine rings is 1. The Balaban J connectivity index is 1.58. The topological polar surface area (TPSA) is 129 Å². The van der Waals surface area contributed by atoms with E-state index < -0.39 is 23.2 Å². The number of benzene rings is 1. The summed E-state index contributed by atoms with van der Waals surface area (Å²) in [5.41, 5.74) is 0.489. The molecule has 0 spiro atoms. The zero-order chi connectivity index (χ0) is 23.1. The van der Waals surface area contributed by atoms with E-state index in [1.54, 1.807) is 12.0 Å². The predicted octanol–water partition coefficient (Wildman–Crippen LogP) is 0.463. The second-order valence-corrected chi connectivity index (χ2v) is 7.34. The van der Waals surface area contributed by atoms with Gasteiger partial charge in [-0.3, -0.25) is 24.1 Å². The van der Waals surface area contributed by atoms with E-state index in [1.165, 1.54) is 4.90 Å². The largest absolute Gasteiger partial charge is 0.497 e. The molecule has 1 fully saturated rings. The summed E-state index contributed by atoms with van der Waals surface area (Å²) in [7, 11) is 1.58. The molecule has 0 aliphatic carbocycles. The molecule has 0 atom stereocenters. The third-order valence-corrected chi connectivity index (χ3v) is 5.08. The second-order valence-electron chi connectivity index (χ2n) is 7.34. The van der Waals surface area contributed by atoms with Crippen molar-refractivity contribution in [1.82, 2.24) is 15.1 Å². The molecule has 1 aromatic heterocycles. The molecule has 0 radical (unpaired) electrons. The zero-order valence-corrected chi connectivity index (χ0v) is 17.7. The summed E-state index contributed by atoms with van der Waals surface area (Å²) in [6, 6.07) is 9.53. The molecule has 3 rings (SSSR count). The summed E-state index contributed by atoms with van der Waals surface area (Å²) in [5.74, 6) is -1.74. The fourth-order valence-corrected chi connectivity index (χ4v) is 3.35. The molecule has 170 valence electrons. The van der Waals surface area contributed by atoms with Crippen molar-refractivity contribution in [2.75, 3.05) is 46.4 Å². The Morgan fingerprint density at radius 3 is 2.34 bits per heavy atom. The molecular weight excluding hydrogens is 418 g/mol. The van der Waals surface area contributed by atoms with Crippen LogP contribution in [0.15, 0.2) is 45.6 Å². The van der Waals surface area contributed by atoms with Gasteiger partial charge in [-0.05, 0) is 24.1 Å². The minimum atomic E-state index is -0.929. The van der Waals surface area contributed by atoms with E-state index in [2.05, 4.69) is 5.32 Å². The Bertz CT molecular complexity index is 1020. The second kappa shape index (κ2) is 10.6. The number of aliphatic carboxylic acids is 1. The lowest BCUT2D eigenvalue weighted by molar-refractivity contribution is -0.138. The molecule has 2 aromatic rings. The average molecular weight is 443 g/mol. The van der Waals surface area contributed by atoms with Crippen LogP contribution >= 0.6 is 0 Å². The maximum absolute atomic E-state index is 12.7. The molecule has 10 heteroatoms. The van der Waals surface area contributed by atoms with E-state index in [0.717, 1.165) is 23.4 Å². The lowest BCUT2D eigenvalue weighted by atomic mass is 10.1. The Hall–Kier alpha value is -3.66. The highest BCUT2D eigenvalue weighted by Crippen LogP contribution is 2.12. The number of carboxylic acid groups (broad SMARTS) is 1. The molecule has 1 aromatic carbocycles. The third kappa shape index (κ3) is 6.17. The van der Waals surface area contributed by atoms with Crippen molar-refractivity contribution in [2.24, 2.45) is 0 Å². The van der Waals surface area contributed by atoms with Crippen LogP contribution in [0.3, 0.4) is 0 Å². The Morgan fingerprint density at radius 1 is 1.06 bits per heavy atom. The number of ether oxygens (including phenoxy) is 1. The number of hydrogen-bond acceptors (Lipinski definition) is 7. The first-order valence-electron chi connectivity index (χ1n) is 10.2. The summed E-state index contributed by atoms with van der Waals surface area (Å²) in [6.45, 7) is 1.62. The van der Waals surface area contributed by atoms with Gasteiger partial charge in [0.25, 0.3) is 11.8 Å². The number of methoxy groups -OCH3 is 1. The van der Waals surface area contributed by atoms with Crippen molar-refractivity contribution in [3.8, 4) is 5.75 Å². The lowest BCUT2D eigenvalue weighted by Gasteiger charge is -2.33. The Morgan fingerprint density at radius 2 is 1.72 bits per heavy atom. The molecule has 2 N–H and O–H groups in total. The van der Waals surface area contributed by atoms with Crippen LogP contribution in [0.4, 0.5) is 0 Å². The van der Waals surface area contributed by atoms with Crippen LogP contribution < -0.4 is 15.5 Å². The van der Waals surface area contributed by atoms with Crippen molar-refractivity contribution >= 4 is 17.8 Å². The fourth-order valence-electron chi connectivity index (χ4n) is 3.35. The summed E-state index contributed by atoms with van der Waals surface area (Å²) < 4.78 is 10.5. The average Bonchev–Trinajstić information content (AvgIpc) is 2.78. The number of carbonyl (C=O) groups excluding carboxylic acids is 2. The highest BCUT2D eigenvalue weighted by Gasteiger charge is 2.25. The van der Waals surface area contributed by atoms with Crippen LogP contribution in [0, 0.1) is 0 Å². The first-order chi connectivity index (χ1) is 15.4. The van der Waals surface area contributed by atoms with E-state index in [-0.39, 0.29) is 18.1 Å². The van der Waals surface area contributed by atoms with Gasteiger partial charge < -0.3 is 24.5 Å². The normalized spacial score (nSPS) is 14.1. The van der Waals surface area contributed by atoms with Crippen molar-refractivity contribution in [1.29, 1.82) is 0 Å². The lowest BCUT2D eigenvalue weighted by Crippen LogP contribution is -2.50. The summed E-state index contributed by atoms with van der Waals surface area (Å²) >= 11 is 0. The van der Waals surface area contributed by atoms with Crippen LogP contribution in [0.5, 0.6) is 5.75 Å². The number of nitrogens with zero attached hydrogens (tertiary/aromatic N) is 2. The van der Waals surface area contributed by atoms with Gasteiger partial charge in [-0.15, -0.1) is 0 Å². The molecule has 0 saturated carbocycles. The maximum atomic E-state index is 12.7. The minimum Gasteiger partial charge on any atom is -0.497 e. The van der Waals surface area contributed by atoms with Gasteiger partial charge in [0.15, 0.2) is 16.9 Å². The van der Waals surface area contributed by atoms with Crippen LogP contribution in [0.25, 0.3) is 0 Å². The van der Waals surface area contributed by atoms with Crippen molar-refractivity contribution in [2.45, 2.75) is 6.42 Å². The van der Waals surface area contributed by atoms with Gasteiger partial charge in [-0.2, -0.15) is 0 Å². The quantitative estimate of drug-likeness (QED) is 0.602. The number of carboxylic acids is 1. The van der Waals surface area contributed by atoms with Crippen LogP contribution in [-0.4, -0.2) is 79.1 Å². The standard InChI is InChI=1S/C22H25N3O7/c1-31-17-4-2-15(3-5-17)6-7-23-21(29)18-12-16(26)13-19(32-18)22(30)25-10-8-24(9-11-25)14-20(27)28/h2-5,12-13H,6-11,14H2,1H3,(H,23,29)(H,27,28). The third-order valence-electron chi connectivity index (χ3n) is 5.08. The number of amides is 2. The fraction of sp³-hybridized carbons (Fsp3) is 0.364. The van der Waals surface area contributed by atoms with E-state index in [9.17, 15) is 19.2 Å². The van der Waals surface area contributed by atoms with E-state index in [1.807, 2.05) is 24.3 Å². The molecule has 10 nitrogen and oxygen atoms in total. The van der Waals surface area contributed by atoms with Crippen molar-refractivity contribution < 1.29 is 28.6 Å². The molecule has 0 unspecified atom stereocenters.